The van der Waals surface area contributed by atoms with E-state index in [0.29, 0.717) is 32.4 Å². The van der Waals surface area contributed by atoms with Crippen LogP contribution in [0.4, 0.5) is 0 Å². The second kappa shape index (κ2) is 6.48. The first-order valence-electron chi connectivity index (χ1n) is 7.63. The Morgan fingerprint density at radius 2 is 2.08 bits per heavy atom. The van der Waals surface area contributed by atoms with Gasteiger partial charge >= 0.3 is 0 Å². The molecule has 0 fully saturated rings. The van der Waals surface area contributed by atoms with E-state index < -0.39 is 0 Å². The van der Waals surface area contributed by atoms with E-state index in [0.717, 1.165) is 15.6 Å². The third-order valence-corrected chi connectivity index (χ3v) is 4.54. The van der Waals surface area contributed by atoms with E-state index in [-0.39, 0.29) is 5.56 Å². The molecule has 0 aliphatic rings. The van der Waals surface area contributed by atoms with Gasteiger partial charge in [0.1, 0.15) is 23.1 Å². The summed E-state index contributed by atoms with van der Waals surface area (Å²) in [5.74, 6) is 0.694. The van der Waals surface area contributed by atoms with Gasteiger partial charge in [-0.2, -0.15) is 9.78 Å². The molecule has 0 aliphatic carbocycles. The molecule has 0 spiro atoms. The number of aromatic amines is 1. The zero-order valence-electron chi connectivity index (χ0n) is 13.5. The van der Waals surface area contributed by atoms with Gasteiger partial charge in [0, 0.05) is 22.0 Å². The van der Waals surface area contributed by atoms with Crippen molar-refractivity contribution in [3.63, 3.8) is 0 Å². The van der Waals surface area contributed by atoms with Crippen LogP contribution >= 0.6 is 23.2 Å². The Morgan fingerprint density at radius 1 is 1.23 bits per heavy atom. The number of benzene rings is 2. The highest BCUT2D eigenvalue weighted by atomic mass is 35.5. The van der Waals surface area contributed by atoms with Gasteiger partial charge in [0.05, 0.1) is 23.9 Å². The minimum atomic E-state index is -0.313. The summed E-state index contributed by atoms with van der Waals surface area (Å²) in [6, 6.07) is 10.5. The van der Waals surface area contributed by atoms with Crippen LogP contribution < -0.4 is 10.3 Å². The Balaban J connectivity index is 1.81. The third-order valence-electron chi connectivity index (χ3n) is 3.98. The van der Waals surface area contributed by atoms with Crippen LogP contribution in [0.5, 0.6) is 5.75 Å². The van der Waals surface area contributed by atoms with Gasteiger partial charge in [0.25, 0.3) is 5.56 Å². The first-order valence-corrected chi connectivity index (χ1v) is 8.39. The second-order valence-electron chi connectivity index (χ2n) is 5.56. The van der Waals surface area contributed by atoms with Crippen molar-refractivity contribution < 1.29 is 4.74 Å². The van der Waals surface area contributed by atoms with E-state index in [1.54, 1.807) is 25.3 Å². The lowest BCUT2D eigenvalue weighted by Crippen LogP contribution is -2.17. The Bertz CT molecular complexity index is 1230. The van der Waals surface area contributed by atoms with Gasteiger partial charge in [-0.3, -0.25) is 4.79 Å². The van der Waals surface area contributed by atoms with E-state index in [2.05, 4.69) is 15.1 Å². The van der Waals surface area contributed by atoms with Gasteiger partial charge in [-0.1, -0.05) is 29.3 Å². The molecule has 130 valence electrons. The van der Waals surface area contributed by atoms with Gasteiger partial charge in [-0.25, -0.2) is 4.98 Å². The summed E-state index contributed by atoms with van der Waals surface area (Å²) in [4.78, 5) is 20.1. The number of H-pyrrole nitrogens is 1. The minimum absolute atomic E-state index is 0.313. The molecule has 0 amide bonds. The molecule has 26 heavy (non-hydrogen) atoms. The molecular formula is C18H12Cl2N4O2. The molecule has 1 N–H and O–H groups in total. The van der Waals surface area contributed by atoms with Crippen molar-refractivity contribution in [3.05, 3.63) is 68.7 Å². The Morgan fingerprint density at radius 3 is 2.85 bits per heavy atom. The standard InChI is InChI=1S/C18H12Cl2N4O2/c1-26-12-4-5-13-15(7-12)23-17-16(13)21-9-24(18(17)25)22-8-10-2-3-11(19)6-14(10)20/h2-9,23H,1H3/b22-8-. The van der Waals surface area contributed by atoms with E-state index >= 15 is 0 Å². The molecule has 2 aromatic heterocycles. The molecule has 2 heterocycles. The van der Waals surface area contributed by atoms with Gasteiger partial charge in [0.15, 0.2) is 0 Å². The summed E-state index contributed by atoms with van der Waals surface area (Å²) in [6.07, 6.45) is 2.86. The number of halogens is 2. The van der Waals surface area contributed by atoms with Crippen molar-refractivity contribution in [1.29, 1.82) is 0 Å². The Labute approximate surface area is 157 Å². The van der Waals surface area contributed by atoms with E-state index in [1.165, 1.54) is 12.5 Å². The molecule has 8 heteroatoms. The van der Waals surface area contributed by atoms with E-state index in [4.69, 9.17) is 27.9 Å². The lowest BCUT2D eigenvalue weighted by Gasteiger charge is -2.00. The fourth-order valence-corrected chi connectivity index (χ4v) is 3.13. The number of methoxy groups -OCH3 is 1. The number of nitrogens with zero attached hydrogens (tertiary/aromatic N) is 3. The van der Waals surface area contributed by atoms with E-state index in [1.807, 2.05) is 18.2 Å². The fourth-order valence-electron chi connectivity index (χ4n) is 2.67. The van der Waals surface area contributed by atoms with Crippen LogP contribution in [-0.4, -0.2) is 28.0 Å². The number of fused-ring (bicyclic) bond motifs is 3. The highest BCUT2D eigenvalue weighted by Gasteiger charge is 2.11. The number of nitrogens with one attached hydrogen (secondary N) is 1. The minimum Gasteiger partial charge on any atom is -0.497 e. The number of rotatable bonds is 3. The van der Waals surface area contributed by atoms with Gasteiger partial charge in [-0.05, 0) is 24.3 Å². The van der Waals surface area contributed by atoms with Crippen molar-refractivity contribution in [2.75, 3.05) is 7.11 Å². The normalized spacial score (nSPS) is 11.7. The predicted octanol–water partition coefficient (Wildman–Crippen LogP) is 4.08. The molecular weight excluding hydrogens is 375 g/mol. The fraction of sp³-hybridized carbons (Fsp3) is 0.0556. The summed E-state index contributed by atoms with van der Waals surface area (Å²) in [7, 11) is 1.59. The molecule has 0 saturated carbocycles. The largest absolute Gasteiger partial charge is 0.497 e. The molecule has 4 aromatic rings. The number of ether oxygens (including phenoxy) is 1. The van der Waals surface area contributed by atoms with Gasteiger partial charge in [-0.15, -0.1) is 0 Å². The number of hydrogen-bond acceptors (Lipinski definition) is 4. The average Bonchev–Trinajstić information content (AvgIpc) is 3.01. The summed E-state index contributed by atoms with van der Waals surface area (Å²) < 4.78 is 6.36. The highest BCUT2D eigenvalue weighted by molar-refractivity contribution is 6.36. The second-order valence-corrected chi connectivity index (χ2v) is 6.41. The molecule has 0 aliphatic heterocycles. The van der Waals surface area contributed by atoms with Crippen LogP contribution in [0.2, 0.25) is 10.0 Å². The smallest absolute Gasteiger partial charge is 0.298 e. The summed E-state index contributed by atoms with van der Waals surface area (Å²) >= 11 is 12.0. The molecule has 0 saturated heterocycles. The quantitative estimate of drug-likeness (QED) is 0.539. The maximum absolute atomic E-state index is 12.7. The van der Waals surface area contributed by atoms with E-state index in [9.17, 15) is 4.79 Å². The predicted molar refractivity (Wildman–Crippen MR) is 104 cm³/mol. The van der Waals surface area contributed by atoms with Crippen LogP contribution in [0.25, 0.3) is 21.9 Å². The molecule has 0 bridgehead atoms. The van der Waals surface area contributed by atoms with Crippen LogP contribution in [0.3, 0.4) is 0 Å². The van der Waals surface area contributed by atoms with Crippen LogP contribution in [0.1, 0.15) is 5.56 Å². The third kappa shape index (κ3) is 2.83. The molecule has 0 unspecified atom stereocenters. The zero-order chi connectivity index (χ0) is 18.3. The lowest BCUT2D eigenvalue weighted by molar-refractivity contribution is 0.415. The molecule has 0 radical (unpaired) electrons. The maximum Gasteiger partial charge on any atom is 0.298 e. The molecule has 2 aromatic carbocycles. The van der Waals surface area contributed by atoms with Crippen molar-refractivity contribution in [1.82, 2.24) is 14.6 Å². The van der Waals surface area contributed by atoms with Crippen molar-refractivity contribution in [2.24, 2.45) is 5.10 Å². The topological polar surface area (TPSA) is 72.3 Å². The molecule has 6 nitrogen and oxygen atoms in total. The summed E-state index contributed by atoms with van der Waals surface area (Å²) in [5, 5.41) is 5.98. The van der Waals surface area contributed by atoms with Gasteiger partial charge < -0.3 is 9.72 Å². The zero-order valence-corrected chi connectivity index (χ0v) is 15.0. The first-order chi connectivity index (χ1) is 12.6. The van der Waals surface area contributed by atoms with Crippen molar-refractivity contribution in [2.45, 2.75) is 0 Å². The van der Waals surface area contributed by atoms with Crippen molar-refractivity contribution >= 4 is 51.4 Å². The maximum atomic E-state index is 12.7. The average molecular weight is 387 g/mol. The van der Waals surface area contributed by atoms with Crippen LogP contribution in [-0.2, 0) is 0 Å². The summed E-state index contributed by atoms with van der Waals surface area (Å²) in [5.41, 5.74) is 2.06. The Kier molecular flexibility index (Phi) is 4.14. The highest BCUT2D eigenvalue weighted by Crippen LogP contribution is 2.25. The van der Waals surface area contributed by atoms with Gasteiger partial charge in [0.2, 0.25) is 0 Å². The first kappa shape index (κ1) is 16.6. The van der Waals surface area contributed by atoms with Crippen LogP contribution in [0.15, 0.2) is 52.6 Å². The number of aromatic nitrogens is 3. The molecule has 0 atom stereocenters. The van der Waals surface area contributed by atoms with Crippen LogP contribution in [0, 0.1) is 0 Å². The SMILES string of the molecule is COc1ccc2c(c1)[nH]c1c(=O)n(/N=C\c3ccc(Cl)cc3Cl)cnc12. The van der Waals surface area contributed by atoms with Crippen molar-refractivity contribution in [3.8, 4) is 5.75 Å². The lowest BCUT2D eigenvalue weighted by atomic mass is 10.2. The Hall–Kier alpha value is -2.83. The molecule has 4 rings (SSSR count). The number of hydrogen-bond donors (Lipinski definition) is 1. The summed E-state index contributed by atoms with van der Waals surface area (Å²) in [6.45, 7) is 0. The monoisotopic (exact) mass is 386 g/mol.